The molecular formula is C14H26O10S2. The van der Waals surface area contributed by atoms with Gasteiger partial charge in [0, 0.05) is 11.5 Å². The number of hydrogen-bond donors (Lipinski definition) is 8. The molecule has 26 heavy (non-hydrogen) atoms. The Morgan fingerprint density at radius 2 is 1.38 bits per heavy atom. The molecule has 0 radical (unpaired) electrons. The topological polar surface area (TPSA) is 158 Å². The monoisotopic (exact) mass is 418 g/mol. The van der Waals surface area contributed by atoms with E-state index in [1.54, 1.807) is 0 Å². The molecule has 0 aromatic rings. The van der Waals surface area contributed by atoms with E-state index in [4.69, 9.17) is 18.9 Å². The van der Waals surface area contributed by atoms with E-state index in [1.165, 1.54) is 0 Å². The lowest BCUT2D eigenvalue weighted by Crippen LogP contribution is -2.64. The first-order valence-corrected chi connectivity index (χ1v) is 9.43. The molecule has 2 aliphatic heterocycles. The summed E-state index contributed by atoms with van der Waals surface area (Å²) >= 11 is 7.97. The zero-order valence-electron chi connectivity index (χ0n) is 13.8. The van der Waals surface area contributed by atoms with Gasteiger partial charge in [0.15, 0.2) is 12.6 Å². The van der Waals surface area contributed by atoms with Crippen molar-refractivity contribution in [2.75, 3.05) is 24.7 Å². The van der Waals surface area contributed by atoms with E-state index < -0.39 is 68.0 Å². The highest BCUT2D eigenvalue weighted by Gasteiger charge is 2.50. The molecule has 2 fully saturated rings. The Hall–Kier alpha value is 0.300. The van der Waals surface area contributed by atoms with Crippen molar-refractivity contribution in [2.24, 2.45) is 0 Å². The molecule has 0 aromatic carbocycles. The molecule has 154 valence electrons. The summed E-state index contributed by atoms with van der Waals surface area (Å²) in [4.78, 5) is 0. The first-order valence-electron chi connectivity index (χ1n) is 8.16. The normalized spacial score (nSPS) is 47.1. The second kappa shape index (κ2) is 10.2. The fourth-order valence-electron chi connectivity index (χ4n) is 2.86. The van der Waals surface area contributed by atoms with Gasteiger partial charge in [-0.1, -0.05) is 0 Å². The SMILES string of the molecule is OCC1O[C@@H](OCCS)C(O)[C@@H](O)[C@@H]1O[C@@H]1OC(CS)[C@@H](O)C(O)C1O. The van der Waals surface area contributed by atoms with Crippen molar-refractivity contribution in [3.63, 3.8) is 0 Å². The summed E-state index contributed by atoms with van der Waals surface area (Å²) in [5.74, 6) is 0.403. The molecule has 6 N–H and O–H groups in total. The molecule has 2 heterocycles. The lowest BCUT2D eigenvalue weighted by Gasteiger charge is -2.46. The van der Waals surface area contributed by atoms with Gasteiger partial charge in [-0.15, -0.1) is 0 Å². The van der Waals surface area contributed by atoms with E-state index in [-0.39, 0.29) is 12.4 Å². The lowest BCUT2D eigenvalue weighted by atomic mass is 9.97. The largest absolute Gasteiger partial charge is 0.394 e. The number of hydrogen-bond acceptors (Lipinski definition) is 12. The van der Waals surface area contributed by atoms with Crippen LogP contribution in [0.5, 0.6) is 0 Å². The number of aliphatic hydroxyl groups is 6. The third kappa shape index (κ3) is 4.82. The van der Waals surface area contributed by atoms with Crippen molar-refractivity contribution in [1.29, 1.82) is 0 Å². The Morgan fingerprint density at radius 3 is 1.96 bits per heavy atom. The maximum Gasteiger partial charge on any atom is 0.187 e. The van der Waals surface area contributed by atoms with Crippen molar-refractivity contribution < 1.29 is 49.6 Å². The molecule has 0 spiro atoms. The van der Waals surface area contributed by atoms with E-state index in [1.807, 2.05) is 0 Å². The van der Waals surface area contributed by atoms with Gasteiger partial charge in [0.1, 0.15) is 42.7 Å². The number of ether oxygens (including phenoxy) is 4. The van der Waals surface area contributed by atoms with Crippen molar-refractivity contribution in [3.05, 3.63) is 0 Å². The van der Waals surface area contributed by atoms with Crippen LogP contribution in [0.15, 0.2) is 0 Å². The minimum atomic E-state index is -1.62. The highest BCUT2D eigenvalue weighted by molar-refractivity contribution is 7.80. The van der Waals surface area contributed by atoms with Crippen molar-refractivity contribution in [3.8, 4) is 0 Å². The van der Waals surface area contributed by atoms with Gasteiger partial charge >= 0.3 is 0 Å². The maximum absolute atomic E-state index is 10.3. The summed E-state index contributed by atoms with van der Waals surface area (Å²) in [5.41, 5.74) is 0. The van der Waals surface area contributed by atoms with Gasteiger partial charge < -0.3 is 49.6 Å². The van der Waals surface area contributed by atoms with Gasteiger partial charge in [-0.25, -0.2) is 0 Å². The molecule has 0 saturated carbocycles. The molecule has 2 saturated heterocycles. The first-order chi connectivity index (χ1) is 12.3. The molecular weight excluding hydrogens is 392 g/mol. The van der Waals surface area contributed by atoms with E-state index in [9.17, 15) is 30.6 Å². The molecule has 5 unspecified atom stereocenters. The summed E-state index contributed by atoms with van der Waals surface area (Å²) < 4.78 is 21.5. The highest BCUT2D eigenvalue weighted by Crippen LogP contribution is 2.29. The number of rotatable bonds is 7. The minimum Gasteiger partial charge on any atom is -0.394 e. The Morgan fingerprint density at radius 1 is 0.769 bits per heavy atom. The van der Waals surface area contributed by atoms with Gasteiger partial charge in [0.2, 0.25) is 0 Å². The van der Waals surface area contributed by atoms with Crippen LogP contribution in [-0.2, 0) is 18.9 Å². The summed E-state index contributed by atoms with van der Waals surface area (Å²) in [6.07, 6.45) is -13.5. The van der Waals surface area contributed by atoms with Crippen LogP contribution in [0.4, 0.5) is 0 Å². The second-order valence-corrected chi connectivity index (χ2v) is 6.91. The van der Waals surface area contributed by atoms with Gasteiger partial charge in [-0.2, -0.15) is 25.3 Å². The van der Waals surface area contributed by atoms with Crippen LogP contribution in [0.2, 0.25) is 0 Å². The highest BCUT2D eigenvalue weighted by atomic mass is 32.1. The zero-order chi connectivity index (χ0) is 19.4. The molecule has 2 aliphatic rings. The lowest BCUT2D eigenvalue weighted by molar-refractivity contribution is -0.355. The quantitative estimate of drug-likeness (QED) is 0.195. The van der Waals surface area contributed by atoms with Gasteiger partial charge in [0.05, 0.1) is 19.3 Å². The molecule has 10 atom stereocenters. The van der Waals surface area contributed by atoms with Crippen LogP contribution in [0.1, 0.15) is 0 Å². The Labute approximate surface area is 161 Å². The van der Waals surface area contributed by atoms with Crippen LogP contribution in [-0.4, -0.2) is 117 Å². The summed E-state index contributed by atoms with van der Waals surface area (Å²) in [7, 11) is 0. The smallest absolute Gasteiger partial charge is 0.187 e. The predicted octanol–water partition coefficient (Wildman–Crippen LogP) is -3.51. The molecule has 0 bridgehead atoms. The van der Waals surface area contributed by atoms with Crippen LogP contribution in [0.3, 0.4) is 0 Å². The Kier molecular flexibility index (Phi) is 8.85. The molecule has 2 rings (SSSR count). The molecule has 12 heteroatoms. The fourth-order valence-corrected chi connectivity index (χ4v) is 3.27. The Balaban J connectivity index is 2.09. The zero-order valence-corrected chi connectivity index (χ0v) is 15.6. The van der Waals surface area contributed by atoms with Crippen LogP contribution in [0.25, 0.3) is 0 Å². The molecule has 0 amide bonds. The van der Waals surface area contributed by atoms with E-state index in [2.05, 4.69) is 25.3 Å². The van der Waals surface area contributed by atoms with Crippen molar-refractivity contribution in [2.45, 2.75) is 61.4 Å². The predicted molar refractivity (Wildman–Crippen MR) is 93.0 cm³/mol. The van der Waals surface area contributed by atoms with Crippen molar-refractivity contribution >= 4 is 25.3 Å². The fraction of sp³-hybridized carbons (Fsp3) is 1.00. The number of thiol groups is 2. The third-order valence-electron chi connectivity index (χ3n) is 4.33. The van der Waals surface area contributed by atoms with Gasteiger partial charge in [-0.05, 0) is 0 Å². The minimum absolute atomic E-state index is 0.0419. The molecule has 0 aromatic heterocycles. The summed E-state index contributed by atoms with van der Waals surface area (Å²) in [5, 5.41) is 59.8. The van der Waals surface area contributed by atoms with Crippen LogP contribution in [0, 0.1) is 0 Å². The average molecular weight is 418 g/mol. The number of aliphatic hydroxyl groups excluding tert-OH is 6. The van der Waals surface area contributed by atoms with Crippen molar-refractivity contribution in [1.82, 2.24) is 0 Å². The molecule has 0 aliphatic carbocycles. The third-order valence-corrected chi connectivity index (χ3v) is 4.88. The standard InChI is InChI=1S/C14H26O10S2/c15-3-5-12(9(18)11(20)13(22-5)21-1-2-25)24-14-10(19)8(17)7(16)6(4-26)23-14/h5-20,25-26H,1-4H2/t5?,6?,7-,8?,9-,10?,11?,12-,13-,14+/m1/s1. The Bertz CT molecular complexity index is 429. The van der Waals surface area contributed by atoms with Crippen LogP contribution < -0.4 is 0 Å². The maximum atomic E-state index is 10.3. The van der Waals surface area contributed by atoms with E-state index in [0.717, 1.165) is 0 Å². The van der Waals surface area contributed by atoms with Gasteiger partial charge in [0.25, 0.3) is 0 Å². The van der Waals surface area contributed by atoms with Crippen LogP contribution >= 0.6 is 25.3 Å². The summed E-state index contributed by atoms with van der Waals surface area (Å²) in [6.45, 7) is -0.418. The van der Waals surface area contributed by atoms with Gasteiger partial charge in [-0.3, -0.25) is 0 Å². The molecule has 10 nitrogen and oxygen atoms in total. The van der Waals surface area contributed by atoms with E-state index >= 15 is 0 Å². The average Bonchev–Trinajstić information content (AvgIpc) is 2.64. The summed E-state index contributed by atoms with van der Waals surface area (Å²) in [6, 6.07) is 0. The second-order valence-electron chi connectivity index (χ2n) is 6.10. The van der Waals surface area contributed by atoms with E-state index in [0.29, 0.717) is 5.75 Å². The first kappa shape index (κ1) is 22.6.